The van der Waals surface area contributed by atoms with Crippen LogP contribution in [0.25, 0.3) is 11.1 Å². The predicted molar refractivity (Wildman–Crippen MR) is 128 cm³/mol. The molecule has 0 atom stereocenters. The Morgan fingerprint density at radius 2 is 1.55 bits per heavy atom. The van der Waals surface area contributed by atoms with Gasteiger partial charge in [-0.2, -0.15) is 0 Å². The second-order valence-corrected chi connectivity index (χ2v) is 8.11. The molecule has 6 nitrogen and oxygen atoms in total. The molecule has 0 unspecified atom stereocenters. The van der Waals surface area contributed by atoms with Crippen LogP contribution in [0.2, 0.25) is 0 Å². The second-order valence-electron chi connectivity index (χ2n) is 8.11. The molecule has 1 heterocycles. The van der Waals surface area contributed by atoms with Gasteiger partial charge in [0.05, 0.1) is 14.2 Å². The first-order chi connectivity index (χ1) is 15.8. The average molecular weight is 449 g/mol. The molecule has 3 N–H and O–H groups in total. The van der Waals surface area contributed by atoms with E-state index in [1.807, 2.05) is 32.9 Å². The monoisotopic (exact) mass is 448 g/mol. The molecule has 3 aromatic rings. The molecule has 33 heavy (non-hydrogen) atoms. The summed E-state index contributed by atoms with van der Waals surface area (Å²) in [4.78, 5) is 0. The minimum atomic E-state index is -0.0714. The van der Waals surface area contributed by atoms with Gasteiger partial charge in [0.1, 0.15) is 23.9 Å². The van der Waals surface area contributed by atoms with E-state index in [-0.39, 0.29) is 23.9 Å². The highest BCUT2D eigenvalue weighted by molar-refractivity contribution is 6.03. The predicted octanol–water partition coefficient (Wildman–Crippen LogP) is 5.35. The minimum Gasteiger partial charge on any atom is -0.508 e. The van der Waals surface area contributed by atoms with Crippen molar-refractivity contribution in [2.75, 3.05) is 20.8 Å². The molecule has 0 bridgehead atoms. The van der Waals surface area contributed by atoms with E-state index in [1.165, 1.54) is 14.2 Å². The lowest BCUT2D eigenvalue weighted by Crippen LogP contribution is -2.14. The zero-order valence-corrected chi connectivity index (χ0v) is 19.4. The molecule has 0 spiro atoms. The van der Waals surface area contributed by atoms with Crippen LogP contribution in [0.15, 0.2) is 36.4 Å². The van der Waals surface area contributed by atoms with Gasteiger partial charge in [-0.1, -0.05) is 13.0 Å². The summed E-state index contributed by atoms with van der Waals surface area (Å²) < 4.78 is 16.9. The summed E-state index contributed by atoms with van der Waals surface area (Å²) in [6.07, 6.45) is 0.665. The summed E-state index contributed by atoms with van der Waals surface area (Å²) in [6, 6.07) is 10.7. The van der Waals surface area contributed by atoms with E-state index in [2.05, 4.69) is 0 Å². The largest absolute Gasteiger partial charge is 0.508 e. The van der Waals surface area contributed by atoms with Crippen molar-refractivity contribution in [3.63, 3.8) is 0 Å². The standard InChI is InChI=1S/C27H28O6/c1-6-16-10-20-24(19-8-7-18(28)9-14(19)2)21(13-33-27(20)15(3)25(16)29)17-11-22(31-4)26(30)23(12-17)32-5/h7-12,28-30H,6,13H2,1-5H3. The zero-order chi connectivity index (χ0) is 23.9. The van der Waals surface area contributed by atoms with Crippen molar-refractivity contribution in [2.24, 2.45) is 0 Å². The van der Waals surface area contributed by atoms with Crippen LogP contribution < -0.4 is 14.2 Å². The molecular formula is C27H28O6. The van der Waals surface area contributed by atoms with Gasteiger partial charge in [-0.05, 0) is 72.9 Å². The summed E-state index contributed by atoms with van der Waals surface area (Å²) in [5, 5.41) is 31.1. The summed E-state index contributed by atoms with van der Waals surface area (Å²) in [5.74, 6) is 1.58. The van der Waals surface area contributed by atoms with Gasteiger partial charge in [0.2, 0.25) is 5.75 Å². The third-order valence-electron chi connectivity index (χ3n) is 6.18. The number of methoxy groups -OCH3 is 2. The molecule has 4 rings (SSSR count). The highest BCUT2D eigenvalue weighted by Gasteiger charge is 2.28. The van der Waals surface area contributed by atoms with Crippen LogP contribution in [-0.2, 0) is 6.42 Å². The van der Waals surface area contributed by atoms with Crippen LogP contribution in [0.4, 0.5) is 0 Å². The maximum atomic E-state index is 10.7. The Hall–Kier alpha value is -3.80. The van der Waals surface area contributed by atoms with Gasteiger partial charge < -0.3 is 29.5 Å². The Morgan fingerprint density at radius 3 is 2.12 bits per heavy atom. The van der Waals surface area contributed by atoms with Crippen molar-refractivity contribution in [3.05, 3.63) is 69.8 Å². The van der Waals surface area contributed by atoms with Gasteiger partial charge in [-0.3, -0.25) is 0 Å². The van der Waals surface area contributed by atoms with Crippen LogP contribution in [0.5, 0.6) is 34.5 Å². The number of hydrogen-bond donors (Lipinski definition) is 3. The molecule has 3 aromatic carbocycles. The molecule has 0 fully saturated rings. The number of fused-ring (bicyclic) bond motifs is 1. The smallest absolute Gasteiger partial charge is 0.200 e. The van der Waals surface area contributed by atoms with E-state index >= 15 is 0 Å². The van der Waals surface area contributed by atoms with Crippen molar-refractivity contribution in [2.45, 2.75) is 27.2 Å². The summed E-state index contributed by atoms with van der Waals surface area (Å²) in [7, 11) is 2.98. The maximum absolute atomic E-state index is 10.7. The Kier molecular flexibility index (Phi) is 5.85. The molecule has 0 aromatic heterocycles. The molecule has 0 radical (unpaired) electrons. The first kappa shape index (κ1) is 22.4. The Labute approximate surface area is 193 Å². The third kappa shape index (κ3) is 3.71. The van der Waals surface area contributed by atoms with E-state index in [0.717, 1.165) is 39.0 Å². The molecule has 0 aliphatic carbocycles. The number of benzene rings is 3. The number of rotatable bonds is 5. The Balaban J connectivity index is 2.10. The molecule has 0 saturated carbocycles. The number of phenolic OH excluding ortho intramolecular Hbond substituents is 3. The molecule has 0 amide bonds. The lowest BCUT2D eigenvalue weighted by Gasteiger charge is -2.28. The molecule has 1 aliphatic rings. The minimum absolute atomic E-state index is 0.0714. The van der Waals surface area contributed by atoms with Crippen LogP contribution in [-0.4, -0.2) is 36.1 Å². The topological polar surface area (TPSA) is 88.4 Å². The Morgan fingerprint density at radius 1 is 0.879 bits per heavy atom. The number of ether oxygens (including phenoxy) is 3. The number of phenols is 3. The van der Waals surface area contributed by atoms with Crippen LogP contribution in [0.1, 0.15) is 40.3 Å². The number of aromatic hydroxyl groups is 3. The highest BCUT2D eigenvalue weighted by atomic mass is 16.5. The van der Waals surface area contributed by atoms with Crippen molar-refractivity contribution >= 4 is 11.1 Å². The number of hydrogen-bond acceptors (Lipinski definition) is 6. The first-order valence-electron chi connectivity index (χ1n) is 10.8. The molecule has 0 saturated heterocycles. The molecule has 172 valence electrons. The van der Waals surface area contributed by atoms with Gasteiger partial charge >= 0.3 is 0 Å². The van der Waals surface area contributed by atoms with Crippen LogP contribution in [0.3, 0.4) is 0 Å². The van der Waals surface area contributed by atoms with Crippen molar-refractivity contribution in [1.82, 2.24) is 0 Å². The fourth-order valence-electron chi connectivity index (χ4n) is 4.41. The van der Waals surface area contributed by atoms with Crippen LogP contribution >= 0.6 is 0 Å². The Bertz CT molecular complexity index is 1250. The average Bonchev–Trinajstić information content (AvgIpc) is 2.81. The molecular weight excluding hydrogens is 420 g/mol. The van der Waals surface area contributed by atoms with E-state index in [9.17, 15) is 15.3 Å². The summed E-state index contributed by atoms with van der Waals surface area (Å²) >= 11 is 0. The van der Waals surface area contributed by atoms with Crippen molar-refractivity contribution in [3.8, 4) is 34.5 Å². The van der Waals surface area contributed by atoms with E-state index in [0.29, 0.717) is 29.2 Å². The van der Waals surface area contributed by atoms with E-state index < -0.39 is 0 Å². The fourth-order valence-corrected chi connectivity index (χ4v) is 4.41. The van der Waals surface area contributed by atoms with E-state index in [4.69, 9.17) is 14.2 Å². The van der Waals surface area contributed by atoms with E-state index in [1.54, 1.807) is 24.3 Å². The normalized spacial score (nSPS) is 12.9. The zero-order valence-electron chi connectivity index (χ0n) is 19.4. The van der Waals surface area contributed by atoms with Crippen LogP contribution in [0, 0.1) is 13.8 Å². The lowest BCUT2D eigenvalue weighted by atomic mass is 9.83. The lowest BCUT2D eigenvalue weighted by molar-refractivity contribution is 0.339. The quantitative estimate of drug-likeness (QED) is 0.488. The molecule has 6 heteroatoms. The third-order valence-corrected chi connectivity index (χ3v) is 6.18. The fraction of sp³-hybridized carbons (Fsp3) is 0.259. The van der Waals surface area contributed by atoms with Gasteiger partial charge in [0, 0.05) is 22.3 Å². The van der Waals surface area contributed by atoms with Gasteiger partial charge in [-0.15, -0.1) is 0 Å². The first-order valence-corrected chi connectivity index (χ1v) is 10.8. The van der Waals surface area contributed by atoms with Gasteiger partial charge in [0.15, 0.2) is 11.5 Å². The van der Waals surface area contributed by atoms with Gasteiger partial charge in [-0.25, -0.2) is 0 Å². The molecule has 1 aliphatic heterocycles. The second kappa shape index (κ2) is 8.62. The SMILES string of the molecule is CCc1cc2c(c(C)c1O)OCC(c1cc(OC)c(O)c(OC)c1)=C2c1ccc(O)cc1C. The highest BCUT2D eigenvalue weighted by Crippen LogP contribution is 2.48. The number of aryl methyl sites for hydroxylation is 2. The van der Waals surface area contributed by atoms with Gasteiger partial charge in [0.25, 0.3) is 0 Å². The van der Waals surface area contributed by atoms with Crippen molar-refractivity contribution < 1.29 is 29.5 Å². The summed E-state index contributed by atoms with van der Waals surface area (Å²) in [5.41, 5.74) is 6.80. The summed E-state index contributed by atoms with van der Waals surface area (Å²) in [6.45, 7) is 6.04. The van der Waals surface area contributed by atoms with Crippen molar-refractivity contribution in [1.29, 1.82) is 0 Å². The maximum Gasteiger partial charge on any atom is 0.200 e.